The van der Waals surface area contributed by atoms with Crippen LogP contribution in [0.2, 0.25) is 0 Å². The maximum absolute atomic E-state index is 15.1. The summed E-state index contributed by atoms with van der Waals surface area (Å²) in [6.07, 6.45) is 3.55. The van der Waals surface area contributed by atoms with Crippen LogP contribution in [-0.4, -0.2) is 48.1 Å². The Balaban J connectivity index is 1.23. The molecular formula is C33H35FN4O5. The number of amides is 2. The Hall–Kier alpha value is -4.54. The van der Waals surface area contributed by atoms with Crippen LogP contribution in [0.3, 0.4) is 0 Å². The number of nitrogens with one attached hydrogen (secondary N) is 3. The summed E-state index contributed by atoms with van der Waals surface area (Å²) in [5, 5.41) is 19.0. The summed E-state index contributed by atoms with van der Waals surface area (Å²) in [6.45, 7) is 4.57. The molecule has 9 nitrogen and oxygen atoms in total. The van der Waals surface area contributed by atoms with Gasteiger partial charge in [-0.25, -0.2) is 4.39 Å². The van der Waals surface area contributed by atoms with Gasteiger partial charge < -0.3 is 30.5 Å². The molecule has 2 heterocycles. The van der Waals surface area contributed by atoms with Crippen LogP contribution in [0, 0.1) is 11.7 Å². The second-order valence-electron chi connectivity index (χ2n) is 10.5. The highest BCUT2D eigenvalue weighted by molar-refractivity contribution is 6.39. The molecule has 4 N–H and O–H groups in total. The summed E-state index contributed by atoms with van der Waals surface area (Å²) in [7, 11) is 0. The molecule has 1 aliphatic heterocycles. The number of hydrogen-bond donors (Lipinski definition) is 4. The molecule has 3 aromatic carbocycles. The van der Waals surface area contributed by atoms with Gasteiger partial charge in [0.2, 0.25) is 0 Å². The van der Waals surface area contributed by atoms with Crippen molar-refractivity contribution < 1.29 is 28.6 Å². The van der Waals surface area contributed by atoms with Crippen LogP contribution in [0.25, 0.3) is 10.9 Å². The predicted octanol–water partition coefficient (Wildman–Crippen LogP) is 4.90. The quantitative estimate of drug-likeness (QED) is 0.195. The van der Waals surface area contributed by atoms with Gasteiger partial charge in [0.15, 0.2) is 11.6 Å². The number of rotatable bonds is 10. The van der Waals surface area contributed by atoms with Gasteiger partial charge in [-0.15, -0.1) is 0 Å². The van der Waals surface area contributed by atoms with E-state index in [0.717, 1.165) is 55.1 Å². The fourth-order valence-corrected chi connectivity index (χ4v) is 4.98. The molecule has 0 aliphatic carbocycles. The summed E-state index contributed by atoms with van der Waals surface area (Å²) < 4.78 is 27.2. The first-order valence-corrected chi connectivity index (χ1v) is 14.5. The zero-order valence-electron chi connectivity index (χ0n) is 23.9. The minimum Gasteiger partial charge on any atom is -0.493 e. The summed E-state index contributed by atoms with van der Waals surface area (Å²) >= 11 is 0. The highest BCUT2D eigenvalue weighted by atomic mass is 19.1. The number of nitrogens with zero attached hydrogens (tertiary/aromatic N) is 1. The topological polar surface area (TPSA) is 122 Å². The fraction of sp³-hybridized carbons (Fsp3) is 0.303. The third-order valence-electron chi connectivity index (χ3n) is 7.45. The average Bonchev–Trinajstić information content (AvgIpc) is 3.04. The number of carbonyl (C=O) groups is 2. The summed E-state index contributed by atoms with van der Waals surface area (Å²) in [6, 6.07) is 18.2. The van der Waals surface area contributed by atoms with E-state index < -0.39 is 23.7 Å². The van der Waals surface area contributed by atoms with Gasteiger partial charge in [0.25, 0.3) is 0 Å². The summed E-state index contributed by atoms with van der Waals surface area (Å²) in [5.41, 5.74) is 2.36. The summed E-state index contributed by atoms with van der Waals surface area (Å²) in [4.78, 5) is 29.0. The second kappa shape index (κ2) is 14.1. The Morgan fingerprint density at radius 3 is 2.56 bits per heavy atom. The molecule has 1 fully saturated rings. The normalized spacial score (nSPS) is 14.2. The maximum Gasteiger partial charge on any atom is 0.313 e. The summed E-state index contributed by atoms with van der Waals surface area (Å²) in [5.74, 6) is -0.976. The minimum atomic E-state index is -0.987. The van der Waals surface area contributed by atoms with Crippen molar-refractivity contribution in [2.45, 2.75) is 32.3 Å². The van der Waals surface area contributed by atoms with E-state index in [4.69, 9.17) is 9.47 Å². The van der Waals surface area contributed by atoms with Crippen molar-refractivity contribution in [3.8, 4) is 17.2 Å². The van der Waals surface area contributed by atoms with E-state index in [2.05, 4.69) is 20.9 Å². The van der Waals surface area contributed by atoms with Gasteiger partial charge in [-0.2, -0.15) is 0 Å². The van der Waals surface area contributed by atoms with E-state index >= 15 is 4.39 Å². The van der Waals surface area contributed by atoms with Crippen molar-refractivity contribution in [3.05, 3.63) is 89.9 Å². The molecule has 1 unspecified atom stereocenters. The van der Waals surface area contributed by atoms with Crippen molar-refractivity contribution >= 4 is 28.4 Å². The number of aliphatic hydroxyl groups excluding tert-OH is 1. The number of aryl methyl sites for hydroxylation is 1. The zero-order valence-corrected chi connectivity index (χ0v) is 23.9. The van der Waals surface area contributed by atoms with E-state index in [9.17, 15) is 14.7 Å². The molecule has 4 aromatic rings. The first-order chi connectivity index (χ1) is 20.9. The minimum absolute atomic E-state index is 0.0507. The van der Waals surface area contributed by atoms with Crippen LogP contribution in [-0.2, 0) is 16.0 Å². The molecule has 1 saturated heterocycles. The first kappa shape index (κ1) is 29.9. The number of aliphatic hydroxyl groups is 1. The Morgan fingerprint density at radius 2 is 1.81 bits per heavy atom. The Kier molecular flexibility index (Phi) is 9.81. The molecule has 0 spiro atoms. The first-order valence-electron chi connectivity index (χ1n) is 14.5. The Morgan fingerprint density at radius 1 is 1.02 bits per heavy atom. The van der Waals surface area contributed by atoms with Crippen molar-refractivity contribution in [2.75, 3.05) is 31.6 Å². The number of pyridine rings is 1. The lowest BCUT2D eigenvalue weighted by atomic mass is 9.99. The lowest BCUT2D eigenvalue weighted by molar-refractivity contribution is -0.136. The van der Waals surface area contributed by atoms with Crippen LogP contribution in [0.4, 0.5) is 10.1 Å². The number of halogens is 1. The molecule has 0 saturated carbocycles. The van der Waals surface area contributed by atoms with Gasteiger partial charge in [-0.05, 0) is 73.7 Å². The molecule has 10 heteroatoms. The van der Waals surface area contributed by atoms with E-state index in [1.165, 1.54) is 12.1 Å². The molecule has 1 atom stereocenters. The van der Waals surface area contributed by atoms with Crippen LogP contribution in [0.1, 0.15) is 37.0 Å². The number of anilines is 1. The Labute approximate surface area is 249 Å². The molecule has 2 amide bonds. The monoisotopic (exact) mass is 586 g/mol. The van der Waals surface area contributed by atoms with Crippen LogP contribution in [0.15, 0.2) is 72.9 Å². The highest BCUT2D eigenvalue weighted by Crippen LogP contribution is 2.35. The molecular weight excluding hydrogens is 551 g/mol. The van der Waals surface area contributed by atoms with Gasteiger partial charge in [0.05, 0.1) is 18.2 Å². The predicted molar refractivity (Wildman–Crippen MR) is 162 cm³/mol. The van der Waals surface area contributed by atoms with Crippen molar-refractivity contribution in [3.63, 3.8) is 0 Å². The van der Waals surface area contributed by atoms with Crippen molar-refractivity contribution in [2.24, 2.45) is 5.92 Å². The number of piperidine rings is 1. The Bertz CT molecular complexity index is 1580. The molecule has 0 radical (unpaired) electrons. The number of carbonyl (C=O) groups excluding carboxylic acids is 2. The highest BCUT2D eigenvalue weighted by Gasteiger charge is 2.19. The van der Waals surface area contributed by atoms with E-state index in [1.54, 1.807) is 36.5 Å². The molecule has 1 aromatic heterocycles. The number of ether oxygens (including phenoxy) is 2. The third kappa shape index (κ3) is 7.65. The zero-order chi connectivity index (χ0) is 30.2. The van der Waals surface area contributed by atoms with Gasteiger partial charge in [-0.1, -0.05) is 37.3 Å². The van der Waals surface area contributed by atoms with Gasteiger partial charge in [0.1, 0.15) is 11.5 Å². The molecule has 43 heavy (non-hydrogen) atoms. The SMILES string of the molecule is CCc1cc2c(Oc3ccc(NC(=O)C(=O)NCC(O)c4ccccc4)cc3F)ccnc2cc1OCC1CCNCC1. The smallest absolute Gasteiger partial charge is 0.313 e. The van der Waals surface area contributed by atoms with Crippen molar-refractivity contribution in [1.82, 2.24) is 15.6 Å². The molecule has 5 rings (SSSR count). The fourth-order valence-electron chi connectivity index (χ4n) is 4.98. The number of fused-ring (bicyclic) bond motifs is 1. The van der Waals surface area contributed by atoms with E-state index in [-0.39, 0.29) is 18.0 Å². The lowest BCUT2D eigenvalue weighted by Gasteiger charge is -2.23. The largest absolute Gasteiger partial charge is 0.493 e. The van der Waals surface area contributed by atoms with Gasteiger partial charge >= 0.3 is 11.8 Å². The van der Waals surface area contributed by atoms with Crippen LogP contribution >= 0.6 is 0 Å². The lowest BCUT2D eigenvalue weighted by Crippen LogP contribution is -2.37. The number of benzene rings is 3. The third-order valence-corrected chi connectivity index (χ3v) is 7.45. The number of aromatic nitrogens is 1. The van der Waals surface area contributed by atoms with Crippen LogP contribution in [0.5, 0.6) is 17.2 Å². The van der Waals surface area contributed by atoms with E-state index in [0.29, 0.717) is 29.4 Å². The molecule has 224 valence electrons. The van der Waals surface area contributed by atoms with Crippen molar-refractivity contribution in [1.29, 1.82) is 0 Å². The van der Waals surface area contributed by atoms with E-state index in [1.807, 2.05) is 25.1 Å². The number of hydrogen-bond acceptors (Lipinski definition) is 7. The average molecular weight is 587 g/mol. The maximum atomic E-state index is 15.1. The van der Waals surface area contributed by atoms with Gasteiger partial charge in [0, 0.05) is 35.9 Å². The standard InChI is InChI=1S/C33H35FN4O5/c1-2-22-16-25-27(18-31(22)42-20-21-10-13-35-14-11-21)36-15-12-29(25)43-30-9-8-24(17-26(30)34)38-33(41)32(40)37-19-28(39)23-6-4-3-5-7-23/h3-9,12,15-18,21,28,35,39H,2,10-11,13-14,19-20H2,1H3,(H,37,40)(H,38,41). The second-order valence-corrected chi connectivity index (χ2v) is 10.5. The molecule has 1 aliphatic rings. The molecule has 0 bridgehead atoms. The van der Waals surface area contributed by atoms with Crippen LogP contribution < -0.4 is 25.4 Å². The van der Waals surface area contributed by atoms with Gasteiger partial charge in [-0.3, -0.25) is 14.6 Å².